The summed E-state index contributed by atoms with van der Waals surface area (Å²) < 4.78 is 5.65. The molecule has 5 heteroatoms. The van der Waals surface area contributed by atoms with Gasteiger partial charge in [0.2, 0.25) is 0 Å². The number of hydrogen-bond donors (Lipinski definition) is 2. The average molecular weight is 278 g/mol. The summed E-state index contributed by atoms with van der Waals surface area (Å²) in [6, 6.07) is 0. The van der Waals surface area contributed by atoms with Crippen LogP contribution in [0.1, 0.15) is 45.1 Å². The van der Waals surface area contributed by atoms with Crippen molar-refractivity contribution >= 4 is 11.6 Å². The van der Waals surface area contributed by atoms with Crippen LogP contribution in [0, 0.1) is 0 Å². The summed E-state index contributed by atoms with van der Waals surface area (Å²) in [7, 11) is 0. The lowest BCUT2D eigenvalue weighted by molar-refractivity contribution is 0.107. The van der Waals surface area contributed by atoms with Crippen LogP contribution in [0.4, 0.5) is 11.6 Å². The van der Waals surface area contributed by atoms with Gasteiger partial charge in [0, 0.05) is 25.3 Å². The molecule has 1 aliphatic rings. The molecule has 2 heterocycles. The molecular weight excluding hydrogens is 252 g/mol. The number of nitrogens with one attached hydrogen (secondary N) is 2. The zero-order valence-corrected chi connectivity index (χ0v) is 12.6. The molecular formula is C15H26N4O. The minimum atomic E-state index is 0.423. The third-order valence-corrected chi connectivity index (χ3v) is 3.57. The Morgan fingerprint density at radius 2 is 2.05 bits per heavy atom. The van der Waals surface area contributed by atoms with Crippen molar-refractivity contribution in [2.24, 2.45) is 0 Å². The number of aromatic nitrogens is 2. The lowest BCUT2D eigenvalue weighted by Gasteiger charge is -2.15. The van der Waals surface area contributed by atoms with E-state index in [1.165, 1.54) is 18.4 Å². The average Bonchev–Trinajstić information content (AvgIpc) is 2.96. The molecule has 112 valence electrons. The Morgan fingerprint density at radius 3 is 2.70 bits per heavy atom. The number of anilines is 2. The first-order valence-electron chi connectivity index (χ1n) is 7.78. The highest BCUT2D eigenvalue weighted by molar-refractivity contribution is 5.57. The Kier molecular flexibility index (Phi) is 6.05. The van der Waals surface area contributed by atoms with Crippen LogP contribution in [0.3, 0.4) is 0 Å². The standard InChI is InChI=1S/C15H26N4O/c1-3-6-13-14(16-4-2)18-11-19-15(13)17-9-8-12-7-5-10-20-12/h11-12H,3-10H2,1-2H3,(H2,16,17,18,19). The molecule has 1 unspecified atom stereocenters. The summed E-state index contributed by atoms with van der Waals surface area (Å²) in [4.78, 5) is 8.75. The van der Waals surface area contributed by atoms with E-state index in [-0.39, 0.29) is 0 Å². The first-order chi connectivity index (χ1) is 9.85. The summed E-state index contributed by atoms with van der Waals surface area (Å²) in [5, 5.41) is 6.77. The van der Waals surface area contributed by atoms with Gasteiger partial charge in [0.25, 0.3) is 0 Å². The van der Waals surface area contributed by atoms with Crippen LogP contribution in [0.2, 0.25) is 0 Å². The molecule has 0 aliphatic carbocycles. The molecule has 0 radical (unpaired) electrons. The van der Waals surface area contributed by atoms with Gasteiger partial charge in [0.05, 0.1) is 6.10 Å². The van der Waals surface area contributed by atoms with Gasteiger partial charge in [-0.15, -0.1) is 0 Å². The smallest absolute Gasteiger partial charge is 0.134 e. The second kappa shape index (κ2) is 8.04. The molecule has 0 bridgehead atoms. The molecule has 0 saturated carbocycles. The lowest BCUT2D eigenvalue weighted by Crippen LogP contribution is -2.15. The maximum atomic E-state index is 5.65. The van der Waals surface area contributed by atoms with Crippen molar-refractivity contribution in [1.82, 2.24) is 9.97 Å². The third kappa shape index (κ3) is 4.07. The molecule has 0 aromatic carbocycles. The molecule has 0 spiro atoms. The van der Waals surface area contributed by atoms with E-state index in [0.717, 1.165) is 50.6 Å². The van der Waals surface area contributed by atoms with Crippen LogP contribution < -0.4 is 10.6 Å². The monoisotopic (exact) mass is 278 g/mol. The molecule has 20 heavy (non-hydrogen) atoms. The van der Waals surface area contributed by atoms with Crippen molar-refractivity contribution < 1.29 is 4.74 Å². The Balaban J connectivity index is 1.95. The predicted molar refractivity (Wildman–Crippen MR) is 82.3 cm³/mol. The Bertz CT molecular complexity index is 405. The van der Waals surface area contributed by atoms with Gasteiger partial charge in [-0.05, 0) is 32.6 Å². The second-order valence-corrected chi connectivity index (χ2v) is 5.18. The highest BCUT2D eigenvalue weighted by Crippen LogP contribution is 2.22. The topological polar surface area (TPSA) is 59.1 Å². The first-order valence-corrected chi connectivity index (χ1v) is 7.78. The van der Waals surface area contributed by atoms with E-state index in [1.807, 2.05) is 0 Å². The molecule has 0 amide bonds. The van der Waals surface area contributed by atoms with Crippen LogP contribution in [-0.4, -0.2) is 35.8 Å². The molecule has 5 nitrogen and oxygen atoms in total. The van der Waals surface area contributed by atoms with Crippen LogP contribution >= 0.6 is 0 Å². The molecule has 1 aliphatic heterocycles. The minimum absolute atomic E-state index is 0.423. The number of rotatable bonds is 8. The van der Waals surface area contributed by atoms with Gasteiger partial charge >= 0.3 is 0 Å². The van der Waals surface area contributed by atoms with Crippen LogP contribution in [0.15, 0.2) is 6.33 Å². The molecule has 1 aromatic rings. The lowest BCUT2D eigenvalue weighted by atomic mass is 10.1. The van der Waals surface area contributed by atoms with Gasteiger partial charge in [0.15, 0.2) is 0 Å². The maximum Gasteiger partial charge on any atom is 0.134 e. The van der Waals surface area contributed by atoms with Gasteiger partial charge in [-0.1, -0.05) is 13.3 Å². The molecule has 1 fully saturated rings. The third-order valence-electron chi connectivity index (χ3n) is 3.57. The van der Waals surface area contributed by atoms with Gasteiger partial charge in [0.1, 0.15) is 18.0 Å². The normalized spacial score (nSPS) is 18.2. The number of hydrogen-bond acceptors (Lipinski definition) is 5. The number of nitrogens with zero attached hydrogens (tertiary/aromatic N) is 2. The van der Waals surface area contributed by atoms with Crippen molar-refractivity contribution in [3.8, 4) is 0 Å². The van der Waals surface area contributed by atoms with E-state index in [9.17, 15) is 0 Å². The summed E-state index contributed by atoms with van der Waals surface area (Å²) >= 11 is 0. The summed E-state index contributed by atoms with van der Waals surface area (Å²) in [5.74, 6) is 1.93. The fourth-order valence-electron chi connectivity index (χ4n) is 2.59. The largest absolute Gasteiger partial charge is 0.378 e. The highest BCUT2D eigenvalue weighted by Gasteiger charge is 2.15. The molecule has 1 atom stereocenters. The summed E-state index contributed by atoms with van der Waals surface area (Å²) in [5.41, 5.74) is 1.20. The minimum Gasteiger partial charge on any atom is -0.378 e. The molecule has 2 rings (SSSR count). The second-order valence-electron chi connectivity index (χ2n) is 5.18. The van der Waals surface area contributed by atoms with Gasteiger partial charge in [-0.2, -0.15) is 0 Å². The molecule has 1 saturated heterocycles. The van der Waals surface area contributed by atoms with E-state index in [0.29, 0.717) is 6.10 Å². The Morgan fingerprint density at radius 1 is 1.25 bits per heavy atom. The first kappa shape index (κ1) is 15.0. The van der Waals surface area contributed by atoms with E-state index in [1.54, 1.807) is 6.33 Å². The highest BCUT2D eigenvalue weighted by atomic mass is 16.5. The zero-order valence-electron chi connectivity index (χ0n) is 12.6. The van der Waals surface area contributed by atoms with Gasteiger partial charge in [-0.3, -0.25) is 0 Å². The van der Waals surface area contributed by atoms with Crippen LogP contribution in [0.5, 0.6) is 0 Å². The van der Waals surface area contributed by atoms with Crippen LogP contribution in [-0.2, 0) is 11.2 Å². The Labute approximate surface area is 121 Å². The molecule has 2 N–H and O–H groups in total. The van der Waals surface area contributed by atoms with E-state index in [4.69, 9.17) is 4.74 Å². The SMILES string of the molecule is CCCc1c(NCC)ncnc1NCCC1CCCO1. The van der Waals surface area contributed by atoms with Crippen molar-refractivity contribution in [3.63, 3.8) is 0 Å². The van der Waals surface area contributed by atoms with Crippen LogP contribution in [0.25, 0.3) is 0 Å². The zero-order chi connectivity index (χ0) is 14.2. The van der Waals surface area contributed by atoms with Gasteiger partial charge < -0.3 is 15.4 Å². The van der Waals surface area contributed by atoms with Gasteiger partial charge in [-0.25, -0.2) is 9.97 Å². The summed E-state index contributed by atoms with van der Waals surface area (Å²) in [6.07, 6.45) is 7.57. The Hall–Kier alpha value is -1.36. The molecule has 1 aromatic heterocycles. The van der Waals surface area contributed by atoms with Crippen molar-refractivity contribution in [3.05, 3.63) is 11.9 Å². The van der Waals surface area contributed by atoms with E-state index >= 15 is 0 Å². The van der Waals surface area contributed by atoms with E-state index in [2.05, 4.69) is 34.4 Å². The fraction of sp³-hybridized carbons (Fsp3) is 0.733. The van der Waals surface area contributed by atoms with Crippen molar-refractivity contribution in [1.29, 1.82) is 0 Å². The fourth-order valence-corrected chi connectivity index (χ4v) is 2.59. The predicted octanol–water partition coefficient (Wildman–Crippen LogP) is 2.84. The van der Waals surface area contributed by atoms with Crippen molar-refractivity contribution in [2.75, 3.05) is 30.3 Å². The summed E-state index contributed by atoms with van der Waals surface area (Å²) in [6.45, 7) is 6.97. The number of ether oxygens (including phenoxy) is 1. The quantitative estimate of drug-likeness (QED) is 0.765. The maximum absolute atomic E-state index is 5.65. The van der Waals surface area contributed by atoms with Crippen molar-refractivity contribution in [2.45, 2.75) is 52.1 Å². The van der Waals surface area contributed by atoms with E-state index < -0.39 is 0 Å².